The standard InChI is InChI=1S/C14H18N2S/c1-2-3-4-14-16-13(10-17-14)12-7-5-11(9-15)6-8-12/h5-8,10H,2-4,9,15H2,1H3. The normalized spacial score (nSPS) is 10.7. The van der Waals surface area contributed by atoms with Crippen LogP contribution in [0.3, 0.4) is 0 Å². The van der Waals surface area contributed by atoms with Crippen molar-refractivity contribution in [1.29, 1.82) is 0 Å². The molecule has 0 saturated heterocycles. The summed E-state index contributed by atoms with van der Waals surface area (Å²) in [4.78, 5) is 4.66. The first-order valence-corrected chi connectivity index (χ1v) is 6.95. The summed E-state index contributed by atoms with van der Waals surface area (Å²) in [5.41, 5.74) is 9.02. The van der Waals surface area contributed by atoms with E-state index in [0.29, 0.717) is 6.54 Å². The van der Waals surface area contributed by atoms with E-state index < -0.39 is 0 Å². The van der Waals surface area contributed by atoms with E-state index in [-0.39, 0.29) is 0 Å². The molecule has 2 nitrogen and oxygen atoms in total. The van der Waals surface area contributed by atoms with Crippen molar-refractivity contribution in [3.05, 3.63) is 40.2 Å². The van der Waals surface area contributed by atoms with E-state index in [1.165, 1.54) is 23.4 Å². The highest BCUT2D eigenvalue weighted by atomic mass is 32.1. The van der Waals surface area contributed by atoms with Crippen molar-refractivity contribution in [3.8, 4) is 11.3 Å². The lowest BCUT2D eigenvalue weighted by Crippen LogP contribution is -1.95. The summed E-state index contributed by atoms with van der Waals surface area (Å²) in [5.74, 6) is 0. The topological polar surface area (TPSA) is 38.9 Å². The molecule has 3 heteroatoms. The van der Waals surface area contributed by atoms with E-state index in [9.17, 15) is 0 Å². The Balaban J connectivity index is 2.12. The molecule has 1 aromatic carbocycles. The van der Waals surface area contributed by atoms with Crippen LogP contribution in [0.2, 0.25) is 0 Å². The number of aromatic nitrogens is 1. The molecule has 17 heavy (non-hydrogen) atoms. The number of hydrogen-bond acceptors (Lipinski definition) is 3. The number of hydrogen-bond donors (Lipinski definition) is 1. The smallest absolute Gasteiger partial charge is 0.0932 e. The predicted molar refractivity (Wildman–Crippen MR) is 74.1 cm³/mol. The van der Waals surface area contributed by atoms with Gasteiger partial charge in [0.1, 0.15) is 0 Å². The molecule has 0 fully saturated rings. The second-order valence-electron chi connectivity index (χ2n) is 4.13. The molecule has 0 radical (unpaired) electrons. The van der Waals surface area contributed by atoms with Gasteiger partial charge in [-0.15, -0.1) is 11.3 Å². The van der Waals surface area contributed by atoms with Crippen LogP contribution >= 0.6 is 11.3 Å². The van der Waals surface area contributed by atoms with Crippen molar-refractivity contribution in [2.24, 2.45) is 5.73 Å². The van der Waals surface area contributed by atoms with Crippen LogP contribution in [0.5, 0.6) is 0 Å². The summed E-state index contributed by atoms with van der Waals surface area (Å²) in [6.45, 7) is 2.80. The summed E-state index contributed by atoms with van der Waals surface area (Å²) in [7, 11) is 0. The zero-order valence-electron chi connectivity index (χ0n) is 10.1. The van der Waals surface area contributed by atoms with Crippen molar-refractivity contribution in [3.63, 3.8) is 0 Å². The Morgan fingerprint density at radius 3 is 2.65 bits per heavy atom. The average molecular weight is 246 g/mol. The lowest BCUT2D eigenvalue weighted by Gasteiger charge is -1.99. The van der Waals surface area contributed by atoms with Gasteiger partial charge in [-0.1, -0.05) is 37.6 Å². The third kappa shape index (κ3) is 3.14. The van der Waals surface area contributed by atoms with Gasteiger partial charge in [0, 0.05) is 17.5 Å². The first-order valence-electron chi connectivity index (χ1n) is 6.07. The number of benzene rings is 1. The summed E-state index contributed by atoms with van der Waals surface area (Å²) in [5, 5.41) is 3.38. The molecule has 1 heterocycles. The van der Waals surface area contributed by atoms with Crippen molar-refractivity contribution in [2.45, 2.75) is 32.7 Å². The van der Waals surface area contributed by atoms with Crippen molar-refractivity contribution < 1.29 is 0 Å². The van der Waals surface area contributed by atoms with Crippen molar-refractivity contribution >= 4 is 11.3 Å². The van der Waals surface area contributed by atoms with E-state index in [1.807, 2.05) is 0 Å². The van der Waals surface area contributed by atoms with Gasteiger partial charge in [-0.3, -0.25) is 0 Å². The van der Waals surface area contributed by atoms with E-state index in [4.69, 9.17) is 5.73 Å². The highest BCUT2D eigenvalue weighted by Crippen LogP contribution is 2.23. The predicted octanol–water partition coefficient (Wildman–Crippen LogP) is 3.61. The number of aryl methyl sites for hydroxylation is 1. The van der Waals surface area contributed by atoms with E-state index in [0.717, 1.165) is 17.7 Å². The minimum Gasteiger partial charge on any atom is -0.326 e. The van der Waals surface area contributed by atoms with Gasteiger partial charge in [-0.25, -0.2) is 4.98 Å². The first-order chi connectivity index (χ1) is 8.33. The Kier molecular flexibility index (Phi) is 4.29. The van der Waals surface area contributed by atoms with Gasteiger partial charge in [0.2, 0.25) is 0 Å². The molecule has 0 saturated carbocycles. The fourth-order valence-electron chi connectivity index (χ4n) is 1.70. The van der Waals surface area contributed by atoms with Crippen LogP contribution in [0.4, 0.5) is 0 Å². The molecule has 0 aliphatic heterocycles. The maximum atomic E-state index is 5.58. The fourth-order valence-corrected chi connectivity index (χ4v) is 2.55. The number of nitrogens with zero attached hydrogens (tertiary/aromatic N) is 1. The summed E-state index contributed by atoms with van der Waals surface area (Å²) in [6, 6.07) is 8.34. The van der Waals surface area contributed by atoms with Gasteiger partial charge in [0.25, 0.3) is 0 Å². The van der Waals surface area contributed by atoms with Gasteiger partial charge in [0.15, 0.2) is 0 Å². The molecule has 0 aliphatic carbocycles. The Labute approximate surface area is 107 Å². The second kappa shape index (κ2) is 5.94. The largest absolute Gasteiger partial charge is 0.326 e. The maximum absolute atomic E-state index is 5.58. The number of thiazole rings is 1. The molecular formula is C14H18N2S. The fraction of sp³-hybridized carbons (Fsp3) is 0.357. The molecular weight excluding hydrogens is 228 g/mol. The minimum absolute atomic E-state index is 0.596. The van der Waals surface area contributed by atoms with Crippen LogP contribution in [-0.4, -0.2) is 4.98 Å². The Hall–Kier alpha value is -1.19. The SMILES string of the molecule is CCCCc1nc(-c2ccc(CN)cc2)cs1. The molecule has 0 amide bonds. The van der Waals surface area contributed by atoms with Crippen LogP contribution in [0.1, 0.15) is 30.3 Å². The second-order valence-corrected chi connectivity index (χ2v) is 5.07. The molecule has 1 aromatic heterocycles. The molecule has 2 rings (SSSR count). The van der Waals surface area contributed by atoms with Crippen molar-refractivity contribution in [1.82, 2.24) is 4.98 Å². The summed E-state index contributed by atoms with van der Waals surface area (Å²) >= 11 is 1.76. The van der Waals surface area contributed by atoms with Gasteiger partial charge >= 0.3 is 0 Å². The Morgan fingerprint density at radius 2 is 2.00 bits per heavy atom. The molecule has 2 aromatic rings. The molecule has 0 unspecified atom stereocenters. The van der Waals surface area contributed by atoms with Gasteiger partial charge in [0.05, 0.1) is 10.7 Å². The zero-order chi connectivity index (χ0) is 12.1. The lowest BCUT2D eigenvalue weighted by molar-refractivity contribution is 0.790. The zero-order valence-corrected chi connectivity index (χ0v) is 11.0. The van der Waals surface area contributed by atoms with E-state index in [1.54, 1.807) is 11.3 Å². The quantitative estimate of drug-likeness (QED) is 0.875. The van der Waals surface area contributed by atoms with E-state index >= 15 is 0 Å². The van der Waals surface area contributed by atoms with Crippen LogP contribution < -0.4 is 5.73 Å². The van der Waals surface area contributed by atoms with E-state index in [2.05, 4.69) is 41.6 Å². The molecule has 0 bridgehead atoms. The molecule has 0 spiro atoms. The van der Waals surface area contributed by atoms with Crippen LogP contribution in [0.25, 0.3) is 11.3 Å². The monoisotopic (exact) mass is 246 g/mol. The number of nitrogens with two attached hydrogens (primary N) is 1. The molecule has 0 aliphatic rings. The van der Waals surface area contributed by atoms with Crippen LogP contribution in [0, 0.1) is 0 Å². The van der Waals surface area contributed by atoms with Crippen LogP contribution in [-0.2, 0) is 13.0 Å². The average Bonchev–Trinajstić information content (AvgIpc) is 2.85. The summed E-state index contributed by atoms with van der Waals surface area (Å²) in [6.07, 6.45) is 3.54. The van der Waals surface area contributed by atoms with Gasteiger partial charge in [-0.05, 0) is 18.4 Å². The Bertz CT molecular complexity index is 459. The Morgan fingerprint density at radius 1 is 1.24 bits per heavy atom. The first kappa shape index (κ1) is 12.3. The maximum Gasteiger partial charge on any atom is 0.0932 e. The highest BCUT2D eigenvalue weighted by molar-refractivity contribution is 7.09. The number of rotatable bonds is 5. The molecule has 90 valence electrons. The third-order valence-electron chi connectivity index (χ3n) is 2.78. The van der Waals surface area contributed by atoms with Crippen molar-refractivity contribution in [2.75, 3.05) is 0 Å². The lowest BCUT2D eigenvalue weighted by atomic mass is 10.1. The molecule has 2 N–H and O–H groups in total. The van der Waals surface area contributed by atoms with Crippen LogP contribution in [0.15, 0.2) is 29.6 Å². The minimum atomic E-state index is 0.596. The number of unbranched alkanes of at least 4 members (excludes halogenated alkanes) is 1. The van der Waals surface area contributed by atoms with Gasteiger partial charge in [-0.2, -0.15) is 0 Å². The summed E-state index contributed by atoms with van der Waals surface area (Å²) < 4.78 is 0. The third-order valence-corrected chi connectivity index (χ3v) is 3.69. The molecule has 0 atom stereocenters. The van der Waals surface area contributed by atoms with Gasteiger partial charge < -0.3 is 5.73 Å². The highest BCUT2D eigenvalue weighted by Gasteiger charge is 2.04.